The van der Waals surface area contributed by atoms with E-state index in [9.17, 15) is 9.90 Å². The Balaban J connectivity index is 2.24. The highest BCUT2D eigenvalue weighted by Crippen LogP contribution is 2.25. The number of nitrogens with two attached hydrogens (primary N) is 1. The quantitative estimate of drug-likeness (QED) is 0.591. The summed E-state index contributed by atoms with van der Waals surface area (Å²) in [5.41, 5.74) is 7.78. The Morgan fingerprint density at radius 2 is 1.90 bits per heavy atom. The molecular formula is C16H18N2O2. The molecule has 0 saturated heterocycles. The first kappa shape index (κ1) is 13.9. The molecule has 0 aromatic heterocycles. The molecule has 4 nitrogen and oxygen atoms in total. The van der Waals surface area contributed by atoms with E-state index in [1.54, 1.807) is 12.1 Å². The summed E-state index contributed by atoms with van der Waals surface area (Å²) >= 11 is 0. The van der Waals surface area contributed by atoms with E-state index < -0.39 is 0 Å². The molecule has 4 heteroatoms. The summed E-state index contributed by atoms with van der Waals surface area (Å²) in [6.45, 7) is 4.18. The Labute approximate surface area is 118 Å². The smallest absolute Gasteiger partial charge is 0.259 e. The van der Waals surface area contributed by atoms with Gasteiger partial charge in [-0.1, -0.05) is 32.0 Å². The second kappa shape index (κ2) is 5.65. The maximum atomic E-state index is 12.1. The molecule has 0 aliphatic heterocycles. The van der Waals surface area contributed by atoms with Crippen molar-refractivity contribution in [1.82, 2.24) is 0 Å². The van der Waals surface area contributed by atoms with Gasteiger partial charge in [0, 0.05) is 5.69 Å². The van der Waals surface area contributed by atoms with E-state index in [0.717, 1.165) is 5.56 Å². The molecule has 0 fully saturated rings. The van der Waals surface area contributed by atoms with Gasteiger partial charge in [0.15, 0.2) is 5.75 Å². The van der Waals surface area contributed by atoms with Gasteiger partial charge in [0.1, 0.15) is 0 Å². The summed E-state index contributed by atoms with van der Waals surface area (Å²) in [5.74, 6) is -0.187. The lowest BCUT2D eigenvalue weighted by Crippen LogP contribution is -2.12. The topological polar surface area (TPSA) is 75.4 Å². The van der Waals surface area contributed by atoms with Gasteiger partial charge >= 0.3 is 0 Å². The number of hydrogen-bond acceptors (Lipinski definition) is 3. The van der Waals surface area contributed by atoms with Crippen molar-refractivity contribution in [3.63, 3.8) is 0 Å². The van der Waals surface area contributed by atoms with Crippen LogP contribution in [0.15, 0.2) is 42.5 Å². The number of rotatable bonds is 3. The van der Waals surface area contributed by atoms with Crippen molar-refractivity contribution in [2.75, 3.05) is 11.1 Å². The lowest BCUT2D eigenvalue weighted by Gasteiger charge is -2.11. The average molecular weight is 270 g/mol. The minimum absolute atomic E-state index is 0.167. The number of nitrogen functional groups attached to an aromatic ring is 1. The minimum Gasteiger partial charge on any atom is -0.505 e. The molecular weight excluding hydrogens is 252 g/mol. The molecule has 0 aliphatic carbocycles. The molecule has 0 saturated carbocycles. The number of phenols is 1. The van der Waals surface area contributed by atoms with Crippen LogP contribution in [0.5, 0.6) is 5.75 Å². The standard InChI is InChI=1S/C16H18N2O2/c1-10(2)11-5-3-6-12(9-11)18-16(20)13-7-4-8-14(17)15(13)19/h3-10,19H,17H2,1-2H3,(H,18,20). The van der Waals surface area contributed by atoms with Crippen molar-refractivity contribution >= 4 is 17.3 Å². The predicted molar refractivity (Wildman–Crippen MR) is 81.0 cm³/mol. The summed E-state index contributed by atoms with van der Waals surface area (Å²) in [7, 11) is 0. The van der Waals surface area contributed by atoms with Crippen molar-refractivity contribution in [3.8, 4) is 5.75 Å². The molecule has 2 aromatic rings. The highest BCUT2D eigenvalue weighted by molar-refractivity contribution is 6.07. The molecule has 0 bridgehead atoms. The zero-order valence-electron chi connectivity index (χ0n) is 11.6. The number of para-hydroxylation sites is 1. The van der Waals surface area contributed by atoms with Gasteiger partial charge in [-0.3, -0.25) is 4.79 Å². The monoisotopic (exact) mass is 270 g/mol. The van der Waals surface area contributed by atoms with Crippen LogP contribution in [-0.2, 0) is 0 Å². The van der Waals surface area contributed by atoms with Gasteiger partial charge in [0.05, 0.1) is 11.3 Å². The van der Waals surface area contributed by atoms with Gasteiger partial charge in [-0.05, 0) is 35.7 Å². The normalized spacial score (nSPS) is 10.6. The maximum Gasteiger partial charge on any atom is 0.259 e. The Kier molecular flexibility index (Phi) is 3.94. The first-order valence-electron chi connectivity index (χ1n) is 6.48. The number of benzene rings is 2. The first-order chi connectivity index (χ1) is 9.49. The van der Waals surface area contributed by atoms with Gasteiger partial charge < -0.3 is 16.2 Å². The molecule has 1 amide bonds. The molecule has 104 valence electrons. The summed E-state index contributed by atoms with van der Waals surface area (Å²) in [4.78, 5) is 12.1. The maximum absolute atomic E-state index is 12.1. The van der Waals surface area contributed by atoms with Crippen LogP contribution < -0.4 is 11.1 Å². The van der Waals surface area contributed by atoms with Crippen LogP contribution in [0, 0.1) is 0 Å². The Morgan fingerprint density at radius 1 is 1.20 bits per heavy atom. The lowest BCUT2D eigenvalue weighted by atomic mass is 10.0. The first-order valence-corrected chi connectivity index (χ1v) is 6.48. The van der Waals surface area contributed by atoms with Gasteiger partial charge in [0.25, 0.3) is 5.91 Å². The fraction of sp³-hybridized carbons (Fsp3) is 0.188. The Morgan fingerprint density at radius 3 is 2.60 bits per heavy atom. The van der Waals surface area contributed by atoms with E-state index in [-0.39, 0.29) is 22.9 Å². The number of hydrogen-bond donors (Lipinski definition) is 3. The van der Waals surface area contributed by atoms with Crippen molar-refractivity contribution in [2.24, 2.45) is 0 Å². The molecule has 0 aliphatic rings. The summed E-state index contributed by atoms with van der Waals surface area (Å²) in [6, 6.07) is 12.4. The predicted octanol–water partition coefficient (Wildman–Crippen LogP) is 3.35. The lowest BCUT2D eigenvalue weighted by molar-refractivity contribution is 0.102. The molecule has 0 radical (unpaired) electrons. The van der Waals surface area contributed by atoms with Gasteiger partial charge in [-0.2, -0.15) is 0 Å². The molecule has 0 atom stereocenters. The third-order valence-electron chi connectivity index (χ3n) is 3.12. The Hall–Kier alpha value is -2.49. The van der Waals surface area contributed by atoms with Crippen molar-refractivity contribution < 1.29 is 9.90 Å². The molecule has 20 heavy (non-hydrogen) atoms. The minimum atomic E-state index is -0.379. The second-order valence-electron chi connectivity index (χ2n) is 4.98. The van der Waals surface area contributed by atoms with Crippen LogP contribution >= 0.6 is 0 Å². The summed E-state index contributed by atoms with van der Waals surface area (Å²) < 4.78 is 0. The van der Waals surface area contributed by atoms with Crippen molar-refractivity contribution in [3.05, 3.63) is 53.6 Å². The van der Waals surface area contributed by atoms with Crippen LogP contribution in [0.25, 0.3) is 0 Å². The Bertz CT molecular complexity index is 636. The van der Waals surface area contributed by atoms with E-state index in [0.29, 0.717) is 11.6 Å². The summed E-state index contributed by atoms with van der Waals surface area (Å²) in [5, 5.41) is 12.6. The van der Waals surface area contributed by atoms with Crippen molar-refractivity contribution in [1.29, 1.82) is 0 Å². The number of carbonyl (C=O) groups excluding carboxylic acids is 1. The zero-order chi connectivity index (χ0) is 14.7. The fourth-order valence-corrected chi connectivity index (χ4v) is 1.92. The van der Waals surface area contributed by atoms with Crippen LogP contribution in [0.4, 0.5) is 11.4 Å². The number of phenolic OH excluding ortho intramolecular Hbond substituents is 1. The van der Waals surface area contributed by atoms with Crippen molar-refractivity contribution in [2.45, 2.75) is 19.8 Å². The largest absolute Gasteiger partial charge is 0.505 e. The highest BCUT2D eigenvalue weighted by Gasteiger charge is 2.13. The van der Waals surface area contributed by atoms with Crippen LogP contribution in [0.3, 0.4) is 0 Å². The third kappa shape index (κ3) is 2.91. The fourth-order valence-electron chi connectivity index (χ4n) is 1.92. The van der Waals surface area contributed by atoms with E-state index in [2.05, 4.69) is 19.2 Å². The van der Waals surface area contributed by atoms with E-state index in [1.165, 1.54) is 6.07 Å². The molecule has 0 heterocycles. The van der Waals surface area contributed by atoms with Crippen LogP contribution in [-0.4, -0.2) is 11.0 Å². The number of amides is 1. The molecule has 2 rings (SSSR count). The van der Waals surface area contributed by atoms with Gasteiger partial charge in [-0.25, -0.2) is 0 Å². The second-order valence-corrected chi connectivity index (χ2v) is 4.98. The molecule has 0 spiro atoms. The SMILES string of the molecule is CC(C)c1cccc(NC(=O)c2cccc(N)c2O)c1. The van der Waals surface area contributed by atoms with Crippen LogP contribution in [0.1, 0.15) is 35.7 Å². The average Bonchev–Trinajstić information content (AvgIpc) is 2.42. The number of nitrogens with one attached hydrogen (secondary N) is 1. The highest BCUT2D eigenvalue weighted by atomic mass is 16.3. The van der Waals surface area contributed by atoms with E-state index >= 15 is 0 Å². The molecule has 2 aromatic carbocycles. The van der Waals surface area contributed by atoms with E-state index in [1.807, 2.05) is 24.3 Å². The third-order valence-corrected chi connectivity index (χ3v) is 3.12. The number of anilines is 2. The number of carbonyl (C=O) groups is 1. The molecule has 0 unspecified atom stereocenters. The van der Waals surface area contributed by atoms with Crippen LogP contribution in [0.2, 0.25) is 0 Å². The van der Waals surface area contributed by atoms with Gasteiger partial charge in [0.2, 0.25) is 0 Å². The zero-order valence-corrected chi connectivity index (χ0v) is 11.6. The molecule has 4 N–H and O–H groups in total. The number of aromatic hydroxyl groups is 1. The van der Waals surface area contributed by atoms with E-state index in [4.69, 9.17) is 5.73 Å². The summed E-state index contributed by atoms with van der Waals surface area (Å²) in [6.07, 6.45) is 0. The van der Waals surface area contributed by atoms with Gasteiger partial charge in [-0.15, -0.1) is 0 Å².